The van der Waals surface area contributed by atoms with E-state index in [0.29, 0.717) is 0 Å². The van der Waals surface area contributed by atoms with E-state index in [4.69, 9.17) is 9.84 Å². The molecule has 1 aromatic carbocycles. The molecule has 0 amide bonds. The molecule has 86 valence electrons. The molecular formula is C13H16O3. The lowest BCUT2D eigenvalue weighted by Gasteiger charge is -2.13. The van der Waals surface area contributed by atoms with Crippen molar-refractivity contribution in [3.05, 3.63) is 29.8 Å². The van der Waals surface area contributed by atoms with Crippen LogP contribution in [0.1, 0.15) is 18.9 Å². The summed E-state index contributed by atoms with van der Waals surface area (Å²) in [4.78, 5) is 10.9. The minimum Gasteiger partial charge on any atom is -0.496 e. The van der Waals surface area contributed by atoms with Gasteiger partial charge in [0.15, 0.2) is 0 Å². The summed E-state index contributed by atoms with van der Waals surface area (Å²) in [6.45, 7) is 2.03. The van der Waals surface area contributed by atoms with Crippen molar-refractivity contribution in [2.45, 2.75) is 19.8 Å². The number of rotatable bonds is 4. The first-order valence-corrected chi connectivity index (χ1v) is 5.41. The van der Waals surface area contributed by atoms with Crippen LogP contribution < -0.4 is 4.74 Å². The highest BCUT2D eigenvalue weighted by Crippen LogP contribution is 2.55. The van der Waals surface area contributed by atoms with Crippen molar-refractivity contribution in [3.8, 4) is 5.75 Å². The molecule has 3 heteroatoms. The number of ether oxygens (including phenoxy) is 1. The Balaban J connectivity index is 2.13. The van der Waals surface area contributed by atoms with Crippen LogP contribution in [0, 0.1) is 11.3 Å². The molecule has 0 bridgehead atoms. The van der Waals surface area contributed by atoms with Gasteiger partial charge in [-0.05, 0) is 29.9 Å². The number of methoxy groups -OCH3 is 1. The number of hydrogen-bond donors (Lipinski definition) is 1. The zero-order valence-corrected chi connectivity index (χ0v) is 9.56. The van der Waals surface area contributed by atoms with Gasteiger partial charge in [0.2, 0.25) is 0 Å². The smallest absolute Gasteiger partial charge is 0.307 e. The maximum atomic E-state index is 10.9. The Kier molecular flexibility index (Phi) is 2.62. The number of aliphatic carboxylic acids is 1. The lowest BCUT2D eigenvalue weighted by molar-refractivity contribution is -0.139. The average Bonchev–Trinajstić information content (AvgIpc) is 2.91. The molecule has 0 spiro atoms. The maximum absolute atomic E-state index is 10.9. The Morgan fingerprint density at radius 2 is 2.25 bits per heavy atom. The summed E-state index contributed by atoms with van der Waals surface area (Å²) < 4.78 is 5.27. The molecule has 1 aromatic rings. The minimum absolute atomic E-state index is 0.0968. The van der Waals surface area contributed by atoms with E-state index >= 15 is 0 Å². The predicted molar refractivity (Wildman–Crippen MR) is 60.5 cm³/mol. The van der Waals surface area contributed by atoms with Gasteiger partial charge < -0.3 is 9.84 Å². The lowest BCUT2D eigenvalue weighted by atomic mass is 9.95. The molecule has 2 unspecified atom stereocenters. The minimum atomic E-state index is -0.683. The van der Waals surface area contributed by atoms with E-state index in [1.807, 2.05) is 31.2 Å². The van der Waals surface area contributed by atoms with Crippen molar-refractivity contribution in [3.63, 3.8) is 0 Å². The molecule has 3 nitrogen and oxygen atoms in total. The summed E-state index contributed by atoms with van der Waals surface area (Å²) in [6.07, 6.45) is 1.54. The van der Waals surface area contributed by atoms with Crippen LogP contribution in [0.15, 0.2) is 24.3 Å². The molecule has 2 rings (SSSR count). The zero-order valence-electron chi connectivity index (χ0n) is 9.56. The Labute approximate surface area is 95.0 Å². The van der Waals surface area contributed by atoms with E-state index in [-0.39, 0.29) is 11.3 Å². The van der Waals surface area contributed by atoms with Gasteiger partial charge in [-0.1, -0.05) is 25.1 Å². The van der Waals surface area contributed by atoms with Crippen LogP contribution in [0.4, 0.5) is 0 Å². The van der Waals surface area contributed by atoms with Gasteiger partial charge >= 0.3 is 5.97 Å². The van der Waals surface area contributed by atoms with E-state index in [1.54, 1.807) is 7.11 Å². The number of benzene rings is 1. The van der Waals surface area contributed by atoms with E-state index in [0.717, 1.165) is 24.2 Å². The van der Waals surface area contributed by atoms with Crippen LogP contribution in [-0.4, -0.2) is 18.2 Å². The molecule has 2 atom stereocenters. The molecule has 1 saturated carbocycles. The topological polar surface area (TPSA) is 46.5 Å². The number of carbonyl (C=O) groups is 1. The lowest BCUT2D eigenvalue weighted by Crippen LogP contribution is -2.10. The van der Waals surface area contributed by atoms with Gasteiger partial charge in [-0.3, -0.25) is 4.79 Å². The molecule has 1 N–H and O–H groups in total. The number of carboxylic acids is 1. The van der Waals surface area contributed by atoms with Crippen LogP contribution in [-0.2, 0) is 11.2 Å². The van der Waals surface area contributed by atoms with E-state index in [2.05, 4.69) is 0 Å². The normalized spacial score (nSPS) is 27.5. The molecule has 0 aromatic heterocycles. The SMILES string of the molecule is COc1ccccc1CC1(C)CC1C(=O)O. The largest absolute Gasteiger partial charge is 0.496 e. The van der Waals surface area contributed by atoms with Crippen molar-refractivity contribution in [2.24, 2.45) is 11.3 Å². The Bertz CT molecular complexity index is 413. The first kappa shape index (κ1) is 11.0. The summed E-state index contributed by atoms with van der Waals surface area (Å²) >= 11 is 0. The molecule has 0 heterocycles. The van der Waals surface area contributed by atoms with Crippen molar-refractivity contribution >= 4 is 5.97 Å². The molecule has 0 saturated heterocycles. The predicted octanol–water partition coefficient (Wildman–Crippen LogP) is 2.35. The first-order valence-electron chi connectivity index (χ1n) is 5.41. The molecule has 16 heavy (non-hydrogen) atoms. The molecule has 0 radical (unpaired) electrons. The number of carboxylic acid groups (broad SMARTS) is 1. The summed E-state index contributed by atoms with van der Waals surface area (Å²) in [5.41, 5.74) is 0.997. The van der Waals surface area contributed by atoms with Crippen LogP contribution in [0.25, 0.3) is 0 Å². The molecule has 0 aliphatic heterocycles. The summed E-state index contributed by atoms with van der Waals surface area (Å²) in [6, 6.07) is 7.80. The highest BCUT2D eigenvalue weighted by molar-refractivity contribution is 5.74. The van der Waals surface area contributed by atoms with Gasteiger partial charge in [-0.2, -0.15) is 0 Å². The van der Waals surface area contributed by atoms with Crippen molar-refractivity contribution < 1.29 is 14.6 Å². The Hall–Kier alpha value is -1.51. The third-order valence-corrected chi connectivity index (χ3v) is 3.44. The van der Waals surface area contributed by atoms with Crippen molar-refractivity contribution in [1.29, 1.82) is 0 Å². The number of para-hydroxylation sites is 1. The second-order valence-electron chi connectivity index (χ2n) is 4.74. The third kappa shape index (κ3) is 1.90. The quantitative estimate of drug-likeness (QED) is 0.847. The summed E-state index contributed by atoms with van der Waals surface area (Å²) in [7, 11) is 1.64. The van der Waals surface area contributed by atoms with Crippen LogP contribution in [0.5, 0.6) is 5.75 Å². The van der Waals surface area contributed by atoms with Gasteiger partial charge in [0.1, 0.15) is 5.75 Å². The van der Waals surface area contributed by atoms with Gasteiger partial charge in [-0.25, -0.2) is 0 Å². The fourth-order valence-electron chi connectivity index (χ4n) is 2.27. The van der Waals surface area contributed by atoms with Gasteiger partial charge in [0, 0.05) is 0 Å². The molecular weight excluding hydrogens is 204 g/mol. The molecule has 1 fully saturated rings. The van der Waals surface area contributed by atoms with Gasteiger partial charge in [0.25, 0.3) is 0 Å². The molecule has 1 aliphatic carbocycles. The van der Waals surface area contributed by atoms with Gasteiger partial charge in [0.05, 0.1) is 13.0 Å². The number of hydrogen-bond acceptors (Lipinski definition) is 2. The van der Waals surface area contributed by atoms with Crippen LogP contribution in [0.3, 0.4) is 0 Å². The van der Waals surface area contributed by atoms with Crippen LogP contribution in [0.2, 0.25) is 0 Å². The monoisotopic (exact) mass is 220 g/mol. The Morgan fingerprint density at radius 3 is 2.81 bits per heavy atom. The fourth-order valence-corrected chi connectivity index (χ4v) is 2.27. The van der Waals surface area contributed by atoms with Crippen LogP contribution >= 0.6 is 0 Å². The Morgan fingerprint density at radius 1 is 1.56 bits per heavy atom. The van der Waals surface area contributed by atoms with Crippen molar-refractivity contribution in [2.75, 3.05) is 7.11 Å². The third-order valence-electron chi connectivity index (χ3n) is 3.44. The van der Waals surface area contributed by atoms with E-state index in [1.165, 1.54) is 0 Å². The average molecular weight is 220 g/mol. The first-order chi connectivity index (χ1) is 7.57. The van der Waals surface area contributed by atoms with E-state index < -0.39 is 5.97 Å². The van der Waals surface area contributed by atoms with Gasteiger partial charge in [-0.15, -0.1) is 0 Å². The standard InChI is InChI=1S/C13H16O3/c1-13(8-10(13)12(14)15)7-9-5-3-4-6-11(9)16-2/h3-6,10H,7-8H2,1-2H3,(H,14,15). The maximum Gasteiger partial charge on any atom is 0.307 e. The second kappa shape index (κ2) is 3.81. The van der Waals surface area contributed by atoms with Crippen molar-refractivity contribution in [1.82, 2.24) is 0 Å². The fraction of sp³-hybridized carbons (Fsp3) is 0.462. The second-order valence-corrected chi connectivity index (χ2v) is 4.74. The summed E-state index contributed by atoms with van der Waals surface area (Å²) in [5.74, 6) is -0.0328. The highest BCUT2D eigenvalue weighted by Gasteiger charge is 2.54. The highest BCUT2D eigenvalue weighted by atomic mass is 16.5. The summed E-state index contributed by atoms with van der Waals surface area (Å²) in [5, 5.41) is 8.96. The molecule has 1 aliphatic rings. The zero-order chi connectivity index (χ0) is 11.8. The van der Waals surface area contributed by atoms with E-state index in [9.17, 15) is 4.79 Å².